The van der Waals surface area contributed by atoms with Gasteiger partial charge in [0.25, 0.3) is 0 Å². The molecule has 166 valence electrons. The number of hydrogen-bond donors (Lipinski definition) is 0. The van der Waals surface area contributed by atoms with Gasteiger partial charge in [-0.2, -0.15) is 0 Å². The summed E-state index contributed by atoms with van der Waals surface area (Å²) < 4.78 is 0. The third-order valence-corrected chi connectivity index (χ3v) is 8.98. The number of thiophene rings is 2. The Morgan fingerprint density at radius 3 is 2.48 bits per heavy atom. The molecule has 0 aliphatic carbocycles. The average Bonchev–Trinajstić information content (AvgIpc) is 3.51. The summed E-state index contributed by atoms with van der Waals surface area (Å²) >= 11 is 3.55. The molecule has 5 nitrogen and oxygen atoms in total. The molecule has 1 atom stereocenters. The zero-order chi connectivity index (χ0) is 21.2. The summed E-state index contributed by atoms with van der Waals surface area (Å²) in [6.07, 6.45) is 6.25. The molecule has 5 heterocycles. The summed E-state index contributed by atoms with van der Waals surface area (Å²) in [7, 11) is 0. The second-order valence-corrected chi connectivity index (χ2v) is 11.0. The number of hydrogen-bond acceptors (Lipinski definition) is 5. The van der Waals surface area contributed by atoms with Gasteiger partial charge >= 0.3 is 0 Å². The third-order valence-electron chi connectivity index (χ3n) is 7.06. The lowest BCUT2D eigenvalue weighted by Crippen LogP contribution is -2.48. The van der Waals surface area contributed by atoms with Gasteiger partial charge in [0.15, 0.2) is 0 Å². The van der Waals surface area contributed by atoms with E-state index in [2.05, 4.69) is 43.7 Å². The Balaban J connectivity index is 1.20. The lowest BCUT2D eigenvalue weighted by Gasteiger charge is -2.38. The van der Waals surface area contributed by atoms with Crippen molar-refractivity contribution in [2.45, 2.75) is 44.6 Å². The van der Waals surface area contributed by atoms with Crippen LogP contribution < -0.4 is 0 Å². The molecule has 3 aliphatic rings. The predicted molar refractivity (Wildman–Crippen MR) is 125 cm³/mol. The van der Waals surface area contributed by atoms with Crippen LogP contribution in [-0.2, 0) is 16.0 Å². The zero-order valence-electron chi connectivity index (χ0n) is 18.0. The number of amides is 2. The van der Waals surface area contributed by atoms with E-state index in [0.717, 1.165) is 64.8 Å². The van der Waals surface area contributed by atoms with Crippen molar-refractivity contribution in [1.29, 1.82) is 0 Å². The van der Waals surface area contributed by atoms with Crippen molar-refractivity contribution in [3.8, 4) is 0 Å². The molecular formula is C24H31N3O2S2. The first kappa shape index (κ1) is 21.2. The Kier molecular flexibility index (Phi) is 6.44. The third kappa shape index (κ3) is 4.45. The fourth-order valence-corrected chi connectivity index (χ4v) is 7.09. The molecule has 2 fully saturated rings. The molecule has 2 amide bonds. The van der Waals surface area contributed by atoms with E-state index in [-0.39, 0.29) is 17.9 Å². The van der Waals surface area contributed by atoms with Gasteiger partial charge in [0.2, 0.25) is 11.8 Å². The van der Waals surface area contributed by atoms with E-state index >= 15 is 0 Å². The second kappa shape index (κ2) is 9.43. The van der Waals surface area contributed by atoms with Crippen LogP contribution in [0.3, 0.4) is 0 Å². The Bertz CT molecular complexity index is 896. The molecule has 0 radical (unpaired) electrons. The molecule has 2 saturated heterocycles. The van der Waals surface area contributed by atoms with Crippen molar-refractivity contribution in [3.63, 3.8) is 0 Å². The first-order valence-electron chi connectivity index (χ1n) is 11.6. The molecule has 0 spiro atoms. The van der Waals surface area contributed by atoms with Crippen molar-refractivity contribution in [3.05, 3.63) is 44.3 Å². The van der Waals surface area contributed by atoms with E-state index in [0.29, 0.717) is 12.5 Å². The second-order valence-electron chi connectivity index (χ2n) is 8.99. The van der Waals surface area contributed by atoms with Crippen LogP contribution in [0.2, 0.25) is 0 Å². The van der Waals surface area contributed by atoms with Gasteiger partial charge in [0, 0.05) is 35.3 Å². The van der Waals surface area contributed by atoms with E-state index in [1.54, 1.807) is 11.3 Å². The summed E-state index contributed by atoms with van der Waals surface area (Å²) in [6.45, 7) is 4.81. The Morgan fingerprint density at radius 2 is 1.74 bits per heavy atom. The maximum atomic E-state index is 13.4. The molecule has 0 bridgehead atoms. The first-order valence-corrected chi connectivity index (χ1v) is 13.4. The highest BCUT2D eigenvalue weighted by Gasteiger charge is 2.35. The maximum absolute atomic E-state index is 13.4. The van der Waals surface area contributed by atoms with E-state index in [1.165, 1.54) is 21.7 Å². The highest BCUT2D eigenvalue weighted by molar-refractivity contribution is 7.10. The largest absolute Gasteiger partial charge is 0.342 e. The van der Waals surface area contributed by atoms with E-state index in [1.807, 2.05) is 11.3 Å². The van der Waals surface area contributed by atoms with Crippen LogP contribution in [0.5, 0.6) is 0 Å². The fraction of sp³-hybridized carbons (Fsp3) is 0.583. The lowest BCUT2D eigenvalue weighted by atomic mass is 9.94. The molecule has 0 aromatic carbocycles. The van der Waals surface area contributed by atoms with Gasteiger partial charge in [-0.25, -0.2) is 0 Å². The first-order chi connectivity index (χ1) is 15.2. The summed E-state index contributed by atoms with van der Waals surface area (Å²) in [5.41, 5.74) is 1.30. The maximum Gasteiger partial charge on any atom is 0.237 e. The van der Waals surface area contributed by atoms with Crippen LogP contribution in [-0.4, -0.2) is 65.8 Å². The monoisotopic (exact) mass is 457 g/mol. The minimum atomic E-state index is 0.0562. The summed E-state index contributed by atoms with van der Waals surface area (Å²) in [4.78, 5) is 35.3. The number of carbonyl (C=O) groups is 2. The van der Waals surface area contributed by atoms with E-state index in [9.17, 15) is 9.59 Å². The number of rotatable bonds is 4. The molecule has 31 heavy (non-hydrogen) atoms. The molecular weight excluding hydrogens is 426 g/mol. The van der Waals surface area contributed by atoms with Crippen LogP contribution in [0.4, 0.5) is 0 Å². The molecule has 0 N–H and O–H groups in total. The highest BCUT2D eigenvalue weighted by atomic mass is 32.1. The van der Waals surface area contributed by atoms with Crippen molar-refractivity contribution in [2.24, 2.45) is 5.92 Å². The number of carbonyl (C=O) groups excluding carboxylic acids is 2. The van der Waals surface area contributed by atoms with Gasteiger partial charge in [-0.3, -0.25) is 14.5 Å². The van der Waals surface area contributed by atoms with Gasteiger partial charge in [-0.05, 0) is 80.1 Å². The minimum Gasteiger partial charge on any atom is -0.342 e. The average molecular weight is 458 g/mol. The molecule has 2 aromatic rings. The topological polar surface area (TPSA) is 43.9 Å². The van der Waals surface area contributed by atoms with Crippen molar-refractivity contribution in [1.82, 2.24) is 14.7 Å². The van der Waals surface area contributed by atoms with Crippen LogP contribution in [0.15, 0.2) is 29.0 Å². The Morgan fingerprint density at radius 1 is 0.935 bits per heavy atom. The Hall–Kier alpha value is -1.70. The van der Waals surface area contributed by atoms with E-state index < -0.39 is 0 Å². The van der Waals surface area contributed by atoms with Crippen LogP contribution in [0, 0.1) is 5.92 Å². The summed E-state index contributed by atoms with van der Waals surface area (Å²) in [5, 5.41) is 4.26. The standard InChI is InChI=1S/C24H31N3O2S2/c28-22(17-25-12-6-18(7-13-25)24(29)26-10-2-1-3-11-26)27-14-8-20-19(9-16-31-20)23(27)21-5-4-15-30-21/h4-5,9,15-16,18,23H,1-3,6-8,10-14,17H2. The number of nitrogens with zero attached hydrogens (tertiary/aromatic N) is 3. The van der Waals surface area contributed by atoms with Crippen molar-refractivity contribution in [2.75, 3.05) is 39.3 Å². The quantitative estimate of drug-likeness (QED) is 0.697. The summed E-state index contributed by atoms with van der Waals surface area (Å²) in [6, 6.07) is 6.48. The van der Waals surface area contributed by atoms with Gasteiger partial charge < -0.3 is 9.80 Å². The minimum absolute atomic E-state index is 0.0562. The van der Waals surface area contributed by atoms with Crippen LogP contribution >= 0.6 is 22.7 Å². The molecule has 2 aromatic heterocycles. The number of piperidine rings is 2. The zero-order valence-corrected chi connectivity index (χ0v) is 19.6. The molecule has 7 heteroatoms. The van der Waals surface area contributed by atoms with Gasteiger partial charge in [-0.15, -0.1) is 22.7 Å². The molecule has 1 unspecified atom stereocenters. The predicted octanol–water partition coefficient (Wildman–Crippen LogP) is 4.01. The number of likely N-dealkylation sites (tertiary alicyclic amines) is 2. The van der Waals surface area contributed by atoms with Gasteiger partial charge in [0.1, 0.15) is 0 Å². The fourth-order valence-electron chi connectivity index (χ4n) is 5.33. The SMILES string of the molecule is O=C(C1CCN(CC(=O)N2CCc3sccc3C2c2cccs2)CC1)N1CCCCC1. The van der Waals surface area contributed by atoms with Gasteiger partial charge in [-0.1, -0.05) is 6.07 Å². The molecule has 5 rings (SSSR count). The van der Waals surface area contributed by atoms with Crippen molar-refractivity contribution >= 4 is 34.5 Å². The lowest BCUT2D eigenvalue weighted by molar-refractivity contribution is -0.138. The van der Waals surface area contributed by atoms with E-state index in [4.69, 9.17) is 0 Å². The Labute approximate surface area is 192 Å². The van der Waals surface area contributed by atoms with Gasteiger partial charge in [0.05, 0.1) is 12.6 Å². The highest BCUT2D eigenvalue weighted by Crippen LogP contribution is 2.39. The van der Waals surface area contributed by atoms with Crippen LogP contribution in [0.25, 0.3) is 0 Å². The van der Waals surface area contributed by atoms with Crippen LogP contribution in [0.1, 0.15) is 53.5 Å². The van der Waals surface area contributed by atoms with Crippen molar-refractivity contribution < 1.29 is 9.59 Å². The smallest absolute Gasteiger partial charge is 0.237 e. The number of fused-ring (bicyclic) bond motifs is 1. The molecule has 0 saturated carbocycles. The normalized spacial score (nSPS) is 23.0. The molecule has 3 aliphatic heterocycles. The summed E-state index contributed by atoms with van der Waals surface area (Å²) in [5.74, 6) is 0.715.